The molecule has 1 N–H and O–H groups in total. The number of aryl methyl sites for hydroxylation is 1. The molecule has 0 spiro atoms. The van der Waals surface area contributed by atoms with Crippen molar-refractivity contribution in [3.8, 4) is 0 Å². The van der Waals surface area contributed by atoms with Crippen LogP contribution < -0.4 is 5.32 Å². The molecule has 0 fully saturated rings. The van der Waals surface area contributed by atoms with Gasteiger partial charge in [0.15, 0.2) is 0 Å². The van der Waals surface area contributed by atoms with Crippen molar-refractivity contribution in [2.75, 3.05) is 11.9 Å². The molecule has 0 amide bonds. The fourth-order valence-electron chi connectivity index (χ4n) is 1.60. The van der Waals surface area contributed by atoms with E-state index in [4.69, 9.17) is 16.3 Å². The highest BCUT2D eigenvalue weighted by Crippen LogP contribution is 2.16. The van der Waals surface area contributed by atoms with Gasteiger partial charge in [-0.05, 0) is 18.5 Å². The van der Waals surface area contributed by atoms with Crippen LogP contribution in [0, 0.1) is 0 Å². The number of carbonyl (C=O) groups excluding carboxylic acids is 1. The summed E-state index contributed by atoms with van der Waals surface area (Å²) in [5.41, 5.74) is 1.21. The number of aromatic nitrogens is 4. The van der Waals surface area contributed by atoms with E-state index in [1.807, 2.05) is 13.2 Å². The van der Waals surface area contributed by atoms with E-state index in [0.717, 1.165) is 5.56 Å². The summed E-state index contributed by atoms with van der Waals surface area (Å²) in [7, 11) is 1.83. The summed E-state index contributed by atoms with van der Waals surface area (Å²) < 4.78 is 6.64. The first-order valence-electron chi connectivity index (χ1n) is 6.01. The van der Waals surface area contributed by atoms with Gasteiger partial charge in [-0.1, -0.05) is 0 Å². The second-order valence-electron chi connectivity index (χ2n) is 4.00. The number of halogens is 1. The van der Waals surface area contributed by atoms with E-state index in [-0.39, 0.29) is 17.5 Å². The fourth-order valence-corrected chi connectivity index (χ4v) is 1.74. The van der Waals surface area contributed by atoms with E-state index in [0.29, 0.717) is 12.4 Å². The minimum atomic E-state index is -0.488. The van der Waals surface area contributed by atoms with E-state index in [2.05, 4.69) is 20.4 Å². The van der Waals surface area contributed by atoms with Gasteiger partial charge in [0.25, 0.3) is 0 Å². The van der Waals surface area contributed by atoms with Gasteiger partial charge < -0.3 is 10.1 Å². The van der Waals surface area contributed by atoms with E-state index in [1.165, 1.54) is 6.20 Å². The first-order chi connectivity index (χ1) is 9.60. The van der Waals surface area contributed by atoms with Gasteiger partial charge in [-0.2, -0.15) is 10.1 Å². The van der Waals surface area contributed by atoms with E-state index < -0.39 is 5.97 Å². The third-order valence-electron chi connectivity index (χ3n) is 2.47. The van der Waals surface area contributed by atoms with Crippen molar-refractivity contribution in [2.45, 2.75) is 13.5 Å². The van der Waals surface area contributed by atoms with E-state index in [1.54, 1.807) is 17.8 Å². The van der Waals surface area contributed by atoms with Crippen LogP contribution in [0.3, 0.4) is 0 Å². The maximum absolute atomic E-state index is 11.8. The molecule has 2 aromatic rings. The molecule has 2 rings (SSSR count). The molecule has 0 saturated carbocycles. The molecule has 0 radical (unpaired) electrons. The minimum Gasteiger partial charge on any atom is -0.462 e. The van der Waals surface area contributed by atoms with Crippen molar-refractivity contribution in [1.82, 2.24) is 19.7 Å². The predicted octanol–water partition coefficient (Wildman–Crippen LogP) is 1.65. The van der Waals surface area contributed by atoms with Gasteiger partial charge in [-0.25, -0.2) is 9.78 Å². The lowest BCUT2D eigenvalue weighted by Gasteiger charge is -2.09. The monoisotopic (exact) mass is 295 g/mol. The Morgan fingerprint density at radius 2 is 2.30 bits per heavy atom. The van der Waals surface area contributed by atoms with Crippen LogP contribution in [0.1, 0.15) is 22.8 Å². The zero-order chi connectivity index (χ0) is 14.5. The highest BCUT2D eigenvalue weighted by atomic mass is 35.5. The third kappa shape index (κ3) is 3.45. The van der Waals surface area contributed by atoms with Gasteiger partial charge in [0.2, 0.25) is 5.28 Å². The molecular formula is C12H14ClN5O2. The molecule has 0 saturated heterocycles. The van der Waals surface area contributed by atoms with Crippen LogP contribution in [0.25, 0.3) is 0 Å². The van der Waals surface area contributed by atoms with Crippen LogP contribution >= 0.6 is 11.6 Å². The standard InChI is InChI=1S/C12H14ClN5O2/c1-3-20-11(19)9-6-15-12(13)17-10(9)14-4-8-5-16-18(2)7-8/h5-7H,3-4H2,1-2H3,(H,14,15,17). The molecule has 0 bridgehead atoms. The molecule has 8 heteroatoms. The van der Waals surface area contributed by atoms with Crippen molar-refractivity contribution in [2.24, 2.45) is 7.05 Å². The van der Waals surface area contributed by atoms with Crippen LogP contribution in [0.15, 0.2) is 18.6 Å². The number of hydrogen-bond donors (Lipinski definition) is 1. The SMILES string of the molecule is CCOC(=O)c1cnc(Cl)nc1NCc1cnn(C)c1. The van der Waals surface area contributed by atoms with Gasteiger partial charge >= 0.3 is 5.97 Å². The Labute approximate surface area is 120 Å². The molecule has 0 aliphatic carbocycles. The van der Waals surface area contributed by atoms with Crippen LogP contribution in [0.4, 0.5) is 5.82 Å². The zero-order valence-electron chi connectivity index (χ0n) is 11.1. The number of rotatable bonds is 5. The lowest BCUT2D eigenvalue weighted by atomic mass is 10.3. The van der Waals surface area contributed by atoms with Crippen LogP contribution in [0.5, 0.6) is 0 Å². The maximum atomic E-state index is 11.8. The van der Waals surface area contributed by atoms with Crippen LogP contribution in [0.2, 0.25) is 5.28 Å². The molecule has 20 heavy (non-hydrogen) atoms. The Balaban J connectivity index is 2.16. The lowest BCUT2D eigenvalue weighted by molar-refractivity contribution is 0.0526. The topological polar surface area (TPSA) is 81.9 Å². The second-order valence-corrected chi connectivity index (χ2v) is 4.34. The van der Waals surface area contributed by atoms with Crippen molar-refractivity contribution < 1.29 is 9.53 Å². The quantitative estimate of drug-likeness (QED) is 0.667. The molecule has 2 heterocycles. The summed E-state index contributed by atoms with van der Waals surface area (Å²) in [4.78, 5) is 19.6. The number of ether oxygens (including phenoxy) is 1. The van der Waals surface area contributed by atoms with Gasteiger partial charge in [0, 0.05) is 31.5 Å². The minimum absolute atomic E-state index is 0.0618. The number of nitrogens with zero attached hydrogens (tertiary/aromatic N) is 4. The summed E-state index contributed by atoms with van der Waals surface area (Å²) in [6.45, 7) is 2.48. The van der Waals surface area contributed by atoms with Gasteiger partial charge in [-0.3, -0.25) is 4.68 Å². The molecule has 0 aliphatic heterocycles. The average molecular weight is 296 g/mol. The first kappa shape index (κ1) is 14.3. The summed E-state index contributed by atoms with van der Waals surface area (Å²) >= 11 is 5.75. The molecule has 7 nitrogen and oxygen atoms in total. The smallest absolute Gasteiger partial charge is 0.343 e. The Kier molecular flexibility index (Phi) is 4.52. The molecular weight excluding hydrogens is 282 g/mol. The highest BCUT2D eigenvalue weighted by molar-refractivity contribution is 6.28. The molecule has 0 aromatic carbocycles. The van der Waals surface area contributed by atoms with Crippen LogP contribution in [-0.4, -0.2) is 32.3 Å². The number of anilines is 1. The van der Waals surface area contributed by atoms with Gasteiger partial charge in [-0.15, -0.1) is 0 Å². The van der Waals surface area contributed by atoms with Crippen molar-refractivity contribution >= 4 is 23.4 Å². The number of carbonyl (C=O) groups is 1. The third-order valence-corrected chi connectivity index (χ3v) is 2.66. The van der Waals surface area contributed by atoms with E-state index in [9.17, 15) is 4.79 Å². The summed E-state index contributed by atoms with van der Waals surface area (Å²) in [6, 6.07) is 0. The average Bonchev–Trinajstić information content (AvgIpc) is 2.82. The largest absolute Gasteiger partial charge is 0.462 e. The van der Waals surface area contributed by atoms with Crippen molar-refractivity contribution in [3.05, 3.63) is 35.0 Å². The second kappa shape index (κ2) is 6.33. The normalized spacial score (nSPS) is 10.3. The van der Waals surface area contributed by atoms with E-state index >= 15 is 0 Å². The number of esters is 1. The molecule has 0 unspecified atom stereocenters. The van der Waals surface area contributed by atoms with Gasteiger partial charge in [0.1, 0.15) is 11.4 Å². The predicted molar refractivity (Wildman–Crippen MR) is 73.5 cm³/mol. The Bertz CT molecular complexity index is 614. The molecule has 106 valence electrons. The highest BCUT2D eigenvalue weighted by Gasteiger charge is 2.15. The summed E-state index contributed by atoms with van der Waals surface area (Å²) in [5, 5.41) is 7.15. The Morgan fingerprint density at radius 1 is 1.50 bits per heavy atom. The van der Waals surface area contributed by atoms with Crippen LogP contribution in [-0.2, 0) is 18.3 Å². The summed E-state index contributed by atoms with van der Waals surface area (Å²) in [6.07, 6.45) is 4.93. The Hall–Kier alpha value is -2.15. The number of nitrogens with one attached hydrogen (secondary N) is 1. The van der Waals surface area contributed by atoms with Crippen molar-refractivity contribution in [3.63, 3.8) is 0 Å². The first-order valence-corrected chi connectivity index (χ1v) is 6.39. The zero-order valence-corrected chi connectivity index (χ0v) is 11.9. The molecule has 2 aromatic heterocycles. The van der Waals surface area contributed by atoms with Crippen molar-refractivity contribution in [1.29, 1.82) is 0 Å². The molecule has 0 aliphatic rings. The molecule has 0 atom stereocenters. The maximum Gasteiger partial charge on any atom is 0.343 e. The Morgan fingerprint density at radius 3 is 2.95 bits per heavy atom. The van der Waals surface area contributed by atoms with Gasteiger partial charge in [0.05, 0.1) is 12.8 Å². The fraction of sp³-hybridized carbons (Fsp3) is 0.333. The lowest BCUT2D eigenvalue weighted by Crippen LogP contribution is -2.12. The summed E-state index contributed by atoms with van der Waals surface area (Å²) in [5.74, 6) is -0.148. The number of hydrogen-bond acceptors (Lipinski definition) is 6.